The predicted molar refractivity (Wildman–Crippen MR) is 76.6 cm³/mol. The summed E-state index contributed by atoms with van der Waals surface area (Å²) >= 11 is 0. The van der Waals surface area contributed by atoms with Crippen molar-refractivity contribution in [1.29, 1.82) is 0 Å². The van der Waals surface area contributed by atoms with Gasteiger partial charge in [0.15, 0.2) is 5.96 Å². The molecule has 1 aromatic rings. The summed E-state index contributed by atoms with van der Waals surface area (Å²) in [5.41, 5.74) is 1.06. The van der Waals surface area contributed by atoms with Gasteiger partial charge in [0.05, 0.1) is 0 Å². The van der Waals surface area contributed by atoms with Crippen LogP contribution in [-0.2, 0) is 6.54 Å². The molecule has 1 N–H and O–H groups in total. The maximum atomic E-state index is 12.8. The van der Waals surface area contributed by atoms with E-state index in [0.29, 0.717) is 6.54 Å². The van der Waals surface area contributed by atoms with Crippen molar-refractivity contribution in [2.24, 2.45) is 10.9 Å². The highest BCUT2D eigenvalue weighted by Crippen LogP contribution is 2.16. The van der Waals surface area contributed by atoms with Crippen LogP contribution in [0, 0.1) is 11.7 Å². The third-order valence-electron chi connectivity index (χ3n) is 3.66. The summed E-state index contributed by atoms with van der Waals surface area (Å²) in [6, 6.07) is 6.58. The van der Waals surface area contributed by atoms with Crippen molar-refractivity contribution in [3.05, 3.63) is 35.6 Å². The van der Waals surface area contributed by atoms with E-state index in [0.717, 1.165) is 30.5 Å². The lowest BCUT2D eigenvalue weighted by molar-refractivity contribution is 0.273. The van der Waals surface area contributed by atoms with Crippen LogP contribution in [0.15, 0.2) is 29.3 Å². The van der Waals surface area contributed by atoms with Gasteiger partial charge in [-0.1, -0.05) is 19.1 Å². The summed E-state index contributed by atoms with van der Waals surface area (Å²) in [6.07, 6.45) is 2.44. The Morgan fingerprint density at radius 2 is 1.95 bits per heavy atom. The number of likely N-dealkylation sites (tertiary alicyclic amines) is 1. The maximum Gasteiger partial charge on any atom is 0.193 e. The molecule has 0 unspecified atom stereocenters. The van der Waals surface area contributed by atoms with E-state index in [2.05, 4.69) is 22.1 Å². The number of hydrogen-bond acceptors (Lipinski definition) is 1. The van der Waals surface area contributed by atoms with Gasteiger partial charge in [0.2, 0.25) is 0 Å². The number of rotatable bonds is 2. The van der Waals surface area contributed by atoms with Crippen LogP contribution in [-0.4, -0.2) is 31.0 Å². The van der Waals surface area contributed by atoms with E-state index in [9.17, 15) is 4.39 Å². The van der Waals surface area contributed by atoms with Crippen molar-refractivity contribution in [3.63, 3.8) is 0 Å². The van der Waals surface area contributed by atoms with Gasteiger partial charge in [-0.3, -0.25) is 4.99 Å². The maximum absolute atomic E-state index is 12.8. The van der Waals surface area contributed by atoms with Crippen LogP contribution in [0.1, 0.15) is 25.3 Å². The summed E-state index contributed by atoms with van der Waals surface area (Å²) in [7, 11) is 1.81. The van der Waals surface area contributed by atoms with Gasteiger partial charge < -0.3 is 10.2 Å². The Balaban J connectivity index is 1.87. The van der Waals surface area contributed by atoms with Gasteiger partial charge in [0.25, 0.3) is 0 Å². The first-order valence-electron chi connectivity index (χ1n) is 6.89. The van der Waals surface area contributed by atoms with E-state index in [1.807, 2.05) is 7.05 Å². The van der Waals surface area contributed by atoms with Gasteiger partial charge in [0, 0.05) is 26.7 Å². The molecule has 0 radical (unpaired) electrons. The van der Waals surface area contributed by atoms with Crippen molar-refractivity contribution in [2.45, 2.75) is 26.3 Å². The Morgan fingerprint density at radius 3 is 2.53 bits per heavy atom. The highest BCUT2D eigenvalue weighted by Gasteiger charge is 2.18. The Morgan fingerprint density at radius 1 is 1.32 bits per heavy atom. The zero-order chi connectivity index (χ0) is 13.7. The van der Waals surface area contributed by atoms with Crippen molar-refractivity contribution in [3.8, 4) is 0 Å². The first kappa shape index (κ1) is 13.8. The molecule has 0 saturated carbocycles. The minimum Gasteiger partial charge on any atom is -0.352 e. The molecule has 2 rings (SSSR count). The second-order valence-electron chi connectivity index (χ2n) is 5.20. The molecule has 0 bridgehead atoms. The number of halogens is 1. The van der Waals surface area contributed by atoms with Gasteiger partial charge in [-0.25, -0.2) is 4.39 Å². The molecular formula is C15H22FN3. The Labute approximate surface area is 114 Å². The largest absolute Gasteiger partial charge is 0.352 e. The topological polar surface area (TPSA) is 27.6 Å². The van der Waals surface area contributed by atoms with Crippen LogP contribution in [0.3, 0.4) is 0 Å². The lowest BCUT2D eigenvalue weighted by Gasteiger charge is -2.32. The molecule has 0 amide bonds. The predicted octanol–water partition coefficient (Wildman–Crippen LogP) is 2.63. The average molecular weight is 263 g/mol. The summed E-state index contributed by atoms with van der Waals surface area (Å²) in [5, 5.41) is 3.34. The molecule has 3 nitrogen and oxygen atoms in total. The molecule has 0 atom stereocenters. The minimum absolute atomic E-state index is 0.196. The molecule has 1 fully saturated rings. The van der Waals surface area contributed by atoms with Crippen LogP contribution < -0.4 is 5.32 Å². The summed E-state index contributed by atoms with van der Waals surface area (Å²) in [4.78, 5) is 6.62. The average Bonchev–Trinajstić information content (AvgIpc) is 2.43. The van der Waals surface area contributed by atoms with Crippen LogP contribution >= 0.6 is 0 Å². The zero-order valence-corrected chi connectivity index (χ0v) is 11.7. The first-order valence-corrected chi connectivity index (χ1v) is 6.89. The molecular weight excluding hydrogens is 241 g/mol. The fourth-order valence-corrected chi connectivity index (χ4v) is 2.34. The number of benzene rings is 1. The number of nitrogens with zero attached hydrogens (tertiary/aromatic N) is 2. The van der Waals surface area contributed by atoms with Crippen molar-refractivity contribution < 1.29 is 4.39 Å². The molecule has 0 spiro atoms. The molecule has 0 aromatic heterocycles. The van der Waals surface area contributed by atoms with E-state index >= 15 is 0 Å². The van der Waals surface area contributed by atoms with E-state index in [4.69, 9.17) is 0 Å². The van der Waals surface area contributed by atoms with Gasteiger partial charge in [-0.2, -0.15) is 0 Å². The second kappa shape index (κ2) is 6.55. The lowest BCUT2D eigenvalue weighted by atomic mass is 10.00. The number of piperidine rings is 1. The Kier molecular flexibility index (Phi) is 4.77. The third kappa shape index (κ3) is 3.94. The standard InChI is InChI=1S/C15H22FN3/c1-12-7-9-19(10-8-12)15(17-2)18-11-13-3-5-14(16)6-4-13/h3-6,12H,7-11H2,1-2H3,(H,17,18). The van der Waals surface area contributed by atoms with E-state index in [-0.39, 0.29) is 5.82 Å². The number of nitrogens with one attached hydrogen (secondary N) is 1. The van der Waals surface area contributed by atoms with Gasteiger partial charge in [-0.05, 0) is 36.5 Å². The number of aliphatic imine (C=N–C) groups is 1. The van der Waals surface area contributed by atoms with Crippen LogP contribution in [0.25, 0.3) is 0 Å². The molecule has 104 valence electrons. The van der Waals surface area contributed by atoms with E-state index < -0.39 is 0 Å². The SMILES string of the molecule is CN=C(NCc1ccc(F)cc1)N1CCC(C)CC1. The van der Waals surface area contributed by atoms with Gasteiger partial charge >= 0.3 is 0 Å². The lowest BCUT2D eigenvalue weighted by Crippen LogP contribution is -2.45. The highest BCUT2D eigenvalue weighted by atomic mass is 19.1. The molecule has 19 heavy (non-hydrogen) atoms. The van der Waals surface area contributed by atoms with Crippen molar-refractivity contribution in [2.75, 3.05) is 20.1 Å². The Bertz CT molecular complexity index is 420. The van der Waals surface area contributed by atoms with Crippen molar-refractivity contribution in [1.82, 2.24) is 10.2 Å². The zero-order valence-electron chi connectivity index (χ0n) is 11.7. The van der Waals surface area contributed by atoms with Crippen LogP contribution in [0.4, 0.5) is 4.39 Å². The van der Waals surface area contributed by atoms with Gasteiger partial charge in [-0.15, -0.1) is 0 Å². The second-order valence-corrected chi connectivity index (χ2v) is 5.20. The number of guanidine groups is 1. The highest BCUT2D eigenvalue weighted by molar-refractivity contribution is 5.79. The number of hydrogen-bond donors (Lipinski definition) is 1. The first-order chi connectivity index (χ1) is 9.19. The molecule has 1 heterocycles. The van der Waals surface area contributed by atoms with Crippen LogP contribution in [0.2, 0.25) is 0 Å². The van der Waals surface area contributed by atoms with Gasteiger partial charge in [0.1, 0.15) is 5.82 Å². The Hall–Kier alpha value is -1.58. The monoisotopic (exact) mass is 263 g/mol. The molecule has 1 saturated heterocycles. The molecule has 4 heteroatoms. The van der Waals surface area contributed by atoms with Crippen LogP contribution in [0.5, 0.6) is 0 Å². The molecule has 0 aliphatic carbocycles. The van der Waals surface area contributed by atoms with E-state index in [1.165, 1.54) is 25.0 Å². The molecule has 1 aromatic carbocycles. The summed E-state index contributed by atoms with van der Waals surface area (Å²) < 4.78 is 12.8. The summed E-state index contributed by atoms with van der Waals surface area (Å²) in [6.45, 7) is 5.10. The van der Waals surface area contributed by atoms with Crippen molar-refractivity contribution >= 4 is 5.96 Å². The summed E-state index contributed by atoms with van der Waals surface area (Å²) in [5.74, 6) is 1.56. The third-order valence-corrected chi connectivity index (χ3v) is 3.66. The smallest absolute Gasteiger partial charge is 0.193 e. The normalized spacial score (nSPS) is 17.6. The fraction of sp³-hybridized carbons (Fsp3) is 0.533. The minimum atomic E-state index is -0.196. The quantitative estimate of drug-likeness (QED) is 0.656. The van der Waals surface area contributed by atoms with E-state index in [1.54, 1.807) is 12.1 Å². The molecule has 1 aliphatic heterocycles. The fourth-order valence-electron chi connectivity index (χ4n) is 2.34. The molecule has 1 aliphatic rings.